The molecule has 0 aliphatic heterocycles. The summed E-state index contributed by atoms with van der Waals surface area (Å²) in [5.74, 6) is 0.871. The zero-order chi connectivity index (χ0) is 15.3. The predicted molar refractivity (Wildman–Crippen MR) is 83.1 cm³/mol. The molecule has 0 saturated heterocycles. The van der Waals surface area contributed by atoms with Crippen molar-refractivity contribution in [3.05, 3.63) is 0 Å². The molecule has 0 aromatic rings. The summed E-state index contributed by atoms with van der Waals surface area (Å²) in [4.78, 5) is 15.2. The van der Waals surface area contributed by atoms with Gasteiger partial charge in [0, 0.05) is 13.1 Å². The summed E-state index contributed by atoms with van der Waals surface area (Å²) >= 11 is 0. The molecule has 2 aliphatic carbocycles. The molecule has 0 radical (unpaired) electrons. The van der Waals surface area contributed by atoms with Gasteiger partial charge >= 0.3 is 0 Å². The van der Waals surface area contributed by atoms with Crippen LogP contribution >= 0.6 is 0 Å². The standard InChI is InChI=1S/C16H29N3O2/c1-2-11-19(12-13-7-8-13)15(20)16(14(17)18-21)9-5-3-4-6-10-16/h13,21H,2-12H2,1H3,(H2,17,18). The van der Waals surface area contributed by atoms with Crippen molar-refractivity contribution in [1.82, 2.24) is 4.90 Å². The van der Waals surface area contributed by atoms with E-state index in [-0.39, 0.29) is 11.7 Å². The van der Waals surface area contributed by atoms with Gasteiger partial charge in [-0.1, -0.05) is 37.8 Å². The molecule has 2 aliphatic rings. The van der Waals surface area contributed by atoms with Gasteiger partial charge in [0.1, 0.15) is 5.41 Å². The monoisotopic (exact) mass is 295 g/mol. The lowest BCUT2D eigenvalue weighted by molar-refractivity contribution is -0.139. The van der Waals surface area contributed by atoms with Crippen LogP contribution in [-0.2, 0) is 4.79 Å². The highest BCUT2D eigenvalue weighted by molar-refractivity contribution is 6.06. The molecule has 0 unspecified atom stereocenters. The Balaban J connectivity index is 2.21. The lowest BCUT2D eigenvalue weighted by atomic mass is 9.77. The Morgan fingerprint density at radius 1 is 1.29 bits per heavy atom. The van der Waals surface area contributed by atoms with Gasteiger partial charge in [-0.25, -0.2) is 0 Å². The van der Waals surface area contributed by atoms with Crippen molar-refractivity contribution in [3.63, 3.8) is 0 Å². The van der Waals surface area contributed by atoms with E-state index in [1.165, 1.54) is 12.8 Å². The molecule has 5 nitrogen and oxygen atoms in total. The van der Waals surface area contributed by atoms with Gasteiger partial charge in [0.05, 0.1) is 0 Å². The van der Waals surface area contributed by atoms with E-state index in [0.717, 1.165) is 45.2 Å². The van der Waals surface area contributed by atoms with E-state index in [0.29, 0.717) is 18.8 Å². The minimum atomic E-state index is -0.769. The molecule has 5 heteroatoms. The molecule has 21 heavy (non-hydrogen) atoms. The maximum Gasteiger partial charge on any atom is 0.236 e. The number of carbonyl (C=O) groups is 1. The lowest BCUT2D eigenvalue weighted by Crippen LogP contribution is -2.52. The summed E-state index contributed by atoms with van der Waals surface area (Å²) in [6, 6.07) is 0. The Morgan fingerprint density at radius 3 is 2.38 bits per heavy atom. The van der Waals surface area contributed by atoms with Crippen LogP contribution in [0.15, 0.2) is 5.16 Å². The fourth-order valence-electron chi connectivity index (χ4n) is 3.47. The minimum Gasteiger partial charge on any atom is -0.409 e. The van der Waals surface area contributed by atoms with Crippen LogP contribution in [0, 0.1) is 11.3 Å². The van der Waals surface area contributed by atoms with E-state index in [4.69, 9.17) is 5.73 Å². The topological polar surface area (TPSA) is 78.9 Å². The molecule has 0 atom stereocenters. The zero-order valence-electron chi connectivity index (χ0n) is 13.2. The number of nitrogens with two attached hydrogens (primary N) is 1. The fraction of sp³-hybridized carbons (Fsp3) is 0.875. The fourth-order valence-corrected chi connectivity index (χ4v) is 3.47. The highest BCUT2D eigenvalue weighted by Gasteiger charge is 2.45. The Hall–Kier alpha value is -1.26. The lowest BCUT2D eigenvalue weighted by Gasteiger charge is -2.36. The highest BCUT2D eigenvalue weighted by atomic mass is 16.4. The summed E-state index contributed by atoms with van der Waals surface area (Å²) < 4.78 is 0. The molecule has 0 aromatic heterocycles. The molecule has 0 bridgehead atoms. The molecule has 2 rings (SSSR count). The van der Waals surface area contributed by atoms with Crippen LogP contribution in [-0.4, -0.2) is 34.9 Å². The number of oxime groups is 1. The van der Waals surface area contributed by atoms with Gasteiger partial charge in [-0.3, -0.25) is 4.79 Å². The first-order valence-electron chi connectivity index (χ1n) is 8.41. The number of hydrogen-bond donors (Lipinski definition) is 2. The van der Waals surface area contributed by atoms with Crippen molar-refractivity contribution in [1.29, 1.82) is 0 Å². The first-order valence-corrected chi connectivity index (χ1v) is 8.41. The van der Waals surface area contributed by atoms with Gasteiger partial charge in [-0.2, -0.15) is 0 Å². The van der Waals surface area contributed by atoms with Crippen LogP contribution in [0.3, 0.4) is 0 Å². The van der Waals surface area contributed by atoms with E-state index >= 15 is 0 Å². The molecule has 2 fully saturated rings. The van der Waals surface area contributed by atoms with Crippen LogP contribution in [0.5, 0.6) is 0 Å². The Morgan fingerprint density at radius 2 is 1.90 bits per heavy atom. The average Bonchev–Trinajstić information content (AvgIpc) is 3.31. The number of carbonyl (C=O) groups excluding carboxylic acids is 1. The second-order valence-corrected chi connectivity index (χ2v) is 6.68. The Labute approximate surface area is 127 Å². The van der Waals surface area contributed by atoms with E-state index < -0.39 is 5.41 Å². The predicted octanol–water partition coefficient (Wildman–Crippen LogP) is 2.72. The van der Waals surface area contributed by atoms with Gasteiger partial charge in [0.25, 0.3) is 0 Å². The maximum atomic E-state index is 13.2. The third-order valence-electron chi connectivity index (χ3n) is 4.92. The normalized spacial score (nSPS) is 22.6. The van der Waals surface area contributed by atoms with Crippen molar-refractivity contribution in [3.8, 4) is 0 Å². The first-order chi connectivity index (χ1) is 10.1. The van der Waals surface area contributed by atoms with Gasteiger partial charge in [0.2, 0.25) is 5.91 Å². The molecule has 120 valence electrons. The third-order valence-corrected chi connectivity index (χ3v) is 4.92. The molecule has 0 heterocycles. The minimum absolute atomic E-state index is 0.0912. The zero-order valence-corrected chi connectivity index (χ0v) is 13.2. The Bertz CT molecular complexity index is 383. The van der Waals surface area contributed by atoms with E-state index in [1.807, 2.05) is 4.90 Å². The molecule has 0 spiro atoms. The van der Waals surface area contributed by atoms with E-state index in [2.05, 4.69) is 12.1 Å². The molecule has 2 saturated carbocycles. The number of rotatable bonds is 6. The SMILES string of the molecule is CCCN(CC1CC1)C(=O)C1(C(N)=NO)CCCCCC1. The van der Waals surface area contributed by atoms with Crippen molar-refractivity contribution in [2.75, 3.05) is 13.1 Å². The number of amidine groups is 1. The first kappa shape index (κ1) is 16.1. The van der Waals surface area contributed by atoms with Crippen LogP contribution in [0.4, 0.5) is 0 Å². The van der Waals surface area contributed by atoms with Crippen LogP contribution in [0.1, 0.15) is 64.7 Å². The van der Waals surface area contributed by atoms with Crippen molar-refractivity contribution in [2.45, 2.75) is 64.7 Å². The average molecular weight is 295 g/mol. The summed E-state index contributed by atoms with van der Waals surface area (Å²) in [6.45, 7) is 3.71. The maximum absolute atomic E-state index is 13.2. The van der Waals surface area contributed by atoms with Crippen molar-refractivity contribution >= 4 is 11.7 Å². The summed E-state index contributed by atoms with van der Waals surface area (Å²) in [6.07, 6.45) is 9.04. The van der Waals surface area contributed by atoms with Gasteiger partial charge in [0.15, 0.2) is 5.84 Å². The quantitative estimate of drug-likeness (QED) is 0.260. The van der Waals surface area contributed by atoms with Crippen LogP contribution < -0.4 is 5.73 Å². The number of amides is 1. The molecular formula is C16H29N3O2. The summed E-state index contributed by atoms with van der Waals surface area (Å²) in [7, 11) is 0. The summed E-state index contributed by atoms with van der Waals surface area (Å²) in [5.41, 5.74) is 5.22. The van der Waals surface area contributed by atoms with Gasteiger partial charge < -0.3 is 15.8 Å². The smallest absolute Gasteiger partial charge is 0.236 e. The Kier molecular flexibility index (Phi) is 5.48. The van der Waals surface area contributed by atoms with Crippen LogP contribution in [0.2, 0.25) is 0 Å². The van der Waals surface area contributed by atoms with Crippen LogP contribution in [0.25, 0.3) is 0 Å². The van der Waals surface area contributed by atoms with E-state index in [1.54, 1.807) is 0 Å². The van der Waals surface area contributed by atoms with E-state index in [9.17, 15) is 10.0 Å². The largest absolute Gasteiger partial charge is 0.409 e. The highest BCUT2D eigenvalue weighted by Crippen LogP contribution is 2.38. The van der Waals surface area contributed by atoms with Crippen molar-refractivity contribution < 1.29 is 10.0 Å². The summed E-state index contributed by atoms with van der Waals surface area (Å²) in [5, 5.41) is 12.4. The number of nitrogens with zero attached hydrogens (tertiary/aromatic N) is 2. The number of hydrogen-bond acceptors (Lipinski definition) is 3. The molecule has 3 N–H and O–H groups in total. The van der Waals surface area contributed by atoms with Crippen molar-refractivity contribution in [2.24, 2.45) is 22.2 Å². The van der Waals surface area contributed by atoms with Gasteiger partial charge in [-0.15, -0.1) is 0 Å². The second-order valence-electron chi connectivity index (χ2n) is 6.68. The van der Waals surface area contributed by atoms with Gasteiger partial charge in [-0.05, 0) is 38.0 Å². The molecular weight excluding hydrogens is 266 g/mol. The molecule has 0 aromatic carbocycles. The third kappa shape index (κ3) is 3.69. The second kappa shape index (κ2) is 7.14. The molecule has 1 amide bonds.